The zero-order chi connectivity index (χ0) is 18.3. The molecule has 0 radical (unpaired) electrons. The van der Waals surface area contributed by atoms with Gasteiger partial charge in [0.05, 0.1) is 5.60 Å². The lowest BCUT2D eigenvalue weighted by Crippen LogP contribution is -2.51. The highest BCUT2D eigenvalue weighted by Crippen LogP contribution is 2.27. The lowest BCUT2D eigenvalue weighted by atomic mass is 9.84. The van der Waals surface area contributed by atoms with E-state index < -0.39 is 5.60 Å². The van der Waals surface area contributed by atoms with E-state index in [1.165, 1.54) is 6.42 Å². The van der Waals surface area contributed by atoms with Crippen molar-refractivity contribution in [2.24, 2.45) is 10.9 Å². The van der Waals surface area contributed by atoms with Crippen LogP contribution in [0.1, 0.15) is 71.6 Å². The molecular weight excluding hydrogens is 316 g/mol. The van der Waals surface area contributed by atoms with Crippen LogP contribution >= 0.6 is 0 Å². The molecule has 2 atom stereocenters. The van der Waals surface area contributed by atoms with Gasteiger partial charge in [-0.15, -0.1) is 0 Å². The second kappa shape index (κ2) is 9.41. The average Bonchev–Trinajstić information content (AvgIpc) is 2.59. The maximum Gasteiger partial charge on any atom is 0.223 e. The molecule has 6 heteroatoms. The molecule has 6 nitrogen and oxygen atoms in total. The molecule has 2 saturated carbocycles. The molecule has 2 fully saturated rings. The van der Waals surface area contributed by atoms with E-state index in [0.29, 0.717) is 6.54 Å². The van der Waals surface area contributed by atoms with Gasteiger partial charge in [0, 0.05) is 31.6 Å². The zero-order valence-electron chi connectivity index (χ0n) is 16.1. The number of nitrogens with one attached hydrogen (secondary N) is 3. The van der Waals surface area contributed by atoms with Gasteiger partial charge < -0.3 is 21.1 Å². The van der Waals surface area contributed by atoms with Crippen molar-refractivity contribution in [3.8, 4) is 0 Å². The van der Waals surface area contributed by atoms with Gasteiger partial charge in [0.25, 0.3) is 0 Å². The molecule has 0 aromatic carbocycles. The summed E-state index contributed by atoms with van der Waals surface area (Å²) >= 11 is 0. The van der Waals surface area contributed by atoms with Gasteiger partial charge >= 0.3 is 0 Å². The molecule has 0 heterocycles. The Morgan fingerprint density at radius 2 is 1.92 bits per heavy atom. The fourth-order valence-corrected chi connectivity index (χ4v) is 3.98. The van der Waals surface area contributed by atoms with Crippen LogP contribution in [0.3, 0.4) is 0 Å². The van der Waals surface area contributed by atoms with Crippen LogP contribution in [0.5, 0.6) is 0 Å². The Balaban J connectivity index is 1.81. The smallest absolute Gasteiger partial charge is 0.223 e. The third-order valence-electron chi connectivity index (χ3n) is 5.41. The Kier molecular flexibility index (Phi) is 7.54. The molecule has 1 amide bonds. The fourth-order valence-electron chi connectivity index (χ4n) is 3.98. The number of hydrogen-bond acceptors (Lipinski definition) is 3. The van der Waals surface area contributed by atoms with E-state index in [-0.39, 0.29) is 23.9 Å². The van der Waals surface area contributed by atoms with Gasteiger partial charge in [0.2, 0.25) is 5.91 Å². The van der Waals surface area contributed by atoms with Gasteiger partial charge in [-0.25, -0.2) is 0 Å². The molecule has 0 bridgehead atoms. The summed E-state index contributed by atoms with van der Waals surface area (Å²) in [5.74, 6) is 0.976. The summed E-state index contributed by atoms with van der Waals surface area (Å²) in [7, 11) is 1.76. The summed E-state index contributed by atoms with van der Waals surface area (Å²) in [6, 6.07) is 0.440. The van der Waals surface area contributed by atoms with Gasteiger partial charge in [0.15, 0.2) is 5.96 Å². The first-order valence-electron chi connectivity index (χ1n) is 9.92. The average molecular weight is 353 g/mol. The van der Waals surface area contributed by atoms with Crippen LogP contribution in [0.25, 0.3) is 0 Å². The highest BCUT2D eigenvalue weighted by Gasteiger charge is 2.30. The van der Waals surface area contributed by atoms with E-state index in [1.54, 1.807) is 7.05 Å². The molecule has 0 saturated heterocycles. The first kappa shape index (κ1) is 20.0. The van der Waals surface area contributed by atoms with Gasteiger partial charge in [-0.05, 0) is 46.0 Å². The SMILES string of the molecule is CN=C(NCC1(O)CCCCC1)NC1CCCC(C(=O)NC(C)C)C1. The van der Waals surface area contributed by atoms with Gasteiger partial charge in [0.1, 0.15) is 0 Å². The Labute approximate surface area is 152 Å². The minimum Gasteiger partial charge on any atom is -0.388 e. The third kappa shape index (κ3) is 6.49. The van der Waals surface area contributed by atoms with Crippen molar-refractivity contribution in [1.82, 2.24) is 16.0 Å². The standard InChI is InChI=1S/C19H36N4O2/c1-14(2)22-17(24)15-8-7-9-16(12-15)23-18(20-3)21-13-19(25)10-5-4-6-11-19/h14-16,25H,4-13H2,1-3H3,(H,22,24)(H2,20,21,23). The Morgan fingerprint density at radius 1 is 1.20 bits per heavy atom. The summed E-state index contributed by atoms with van der Waals surface area (Å²) in [5.41, 5.74) is -0.609. The first-order valence-corrected chi connectivity index (χ1v) is 9.92. The fraction of sp³-hybridized carbons (Fsp3) is 0.895. The predicted octanol–water partition coefficient (Wildman–Crippen LogP) is 1.93. The van der Waals surface area contributed by atoms with Gasteiger partial charge in [-0.2, -0.15) is 0 Å². The first-order chi connectivity index (χ1) is 11.9. The highest BCUT2D eigenvalue weighted by molar-refractivity contribution is 5.81. The monoisotopic (exact) mass is 352 g/mol. The van der Waals surface area contributed by atoms with Crippen LogP contribution in [-0.2, 0) is 4.79 Å². The molecule has 25 heavy (non-hydrogen) atoms. The number of hydrogen-bond donors (Lipinski definition) is 4. The molecule has 2 aliphatic rings. The van der Waals surface area contributed by atoms with Crippen molar-refractivity contribution in [1.29, 1.82) is 0 Å². The molecule has 0 spiro atoms. The summed E-state index contributed by atoms with van der Waals surface area (Å²) in [6.07, 6.45) is 9.03. The van der Waals surface area contributed by atoms with Crippen molar-refractivity contribution in [2.75, 3.05) is 13.6 Å². The number of aliphatic imine (C=N–C) groups is 1. The van der Waals surface area contributed by atoms with Crippen LogP contribution < -0.4 is 16.0 Å². The molecular formula is C19H36N4O2. The Hall–Kier alpha value is -1.30. The molecule has 0 aliphatic heterocycles. The molecule has 0 aromatic rings. The summed E-state index contributed by atoms with van der Waals surface area (Å²) in [6.45, 7) is 4.53. The van der Waals surface area contributed by atoms with E-state index in [2.05, 4.69) is 20.9 Å². The van der Waals surface area contributed by atoms with Crippen molar-refractivity contribution < 1.29 is 9.90 Å². The van der Waals surface area contributed by atoms with Gasteiger partial charge in [-0.3, -0.25) is 9.79 Å². The summed E-state index contributed by atoms with van der Waals surface area (Å²) < 4.78 is 0. The maximum atomic E-state index is 12.3. The second-order valence-electron chi connectivity index (χ2n) is 8.08. The molecule has 2 rings (SSSR count). The second-order valence-corrected chi connectivity index (χ2v) is 8.08. The van der Waals surface area contributed by atoms with E-state index in [9.17, 15) is 9.90 Å². The number of aliphatic hydroxyl groups is 1. The Bertz CT molecular complexity index is 458. The minimum absolute atomic E-state index is 0.0780. The van der Waals surface area contributed by atoms with Crippen LogP contribution in [0.15, 0.2) is 4.99 Å². The normalized spacial score (nSPS) is 27.0. The topological polar surface area (TPSA) is 85.8 Å². The van der Waals surface area contributed by atoms with Crippen LogP contribution in [0.2, 0.25) is 0 Å². The lowest BCUT2D eigenvalue weighted by molar-refractivity contribution is -0.126. The number of nitrogens with zero attached hydrogens (tertiary/aromatic N) is 1. The number of carbonyl (C=O) groups excluding carboxylic acids is 1. The lowest BCUT2D eigenvalue weighted by Gasteiger charge is -2.34. The van der Waals surface area contributed by atoms with E-state index in [1.807, 2.05) is 13.8 Å². The van der Waals surface area contributed by atoms with E-state index in [0.717, 1.165) is 57.3 Å². The number of guanidine groups is 1. The largest absolute Gasteiger partial charge is 0.388 e. The molecule has 0 aromatic heterocycles. The number of amides is 1. The number of rotatable bonds is 5. The molecule has 4 N–H and O–H groups in total. The molecule has 144 valence electrons. The van der Waals surface area contributed by atoms with Crippen LogP contribution in [0.4, 0.5) is 0 Å². The highest BCUT2D eigenvalue weighted by atomic mass is 16.3. The number of carbonyl (C=O) groups is 1. The zero-order valence-corrected chi connectivity index (χ0v) is 16.1. The summed E-state index contributed by atoms with van der Waals surface area (Å²) in [4.78, 5) is 16.6. The quantitative estimate of drug-likeness (QED) is 0.450. The maximum absolute atomic E-state index is 12.3. The van der Waals surface area contributed by atoms with Crippen molar-refractivity contribution in [2.45, 2.75) is 89.3 Å². The molecule has 2 unspecified atom stereocenters. The van der Waals surface area contributed by atoms with Crippen molar-refractivity contribution in [3.63, 3.8) is 0 Å². The van der Waals surface area contributed by atoms with E-state index in [4.69, 9.17) is 0 Å². The van der Waals surface area contributed by atoms with Gasteiger partial charge in [-0.1, -0.05) is 25.7 Å². The summed E-state index contributed by atoms with van der Waals surface area (Å²) in [5, 5.41) is 20.4. The van der Waals surface area contributed by atoms with Crippen LogP contribution in [0, 0.1) is 5.92 Å². The van der Waals surface area contributed by atoms with Crippen molar-refractivity contribution in [3.05, 3.63) is 0 Å². The predicted molar refractivity (Wildman–Crippen MR) is 102 cm³/mol. The Morgan fingerprint density at radius 3 is 2.56 bits per heavy atom. The molecule has 2 aliphatic carbocycles. The van der Waals surface area contributed by atoms with Crippen molar-refractivity contribution >= 4 is 11.9 Å². The van der Waals surface area contributed by atoms with E-state index >= 15 is 0 Å². The van der Waals surface area contributed by atoms with Crippen LogP contribution in [-0.4, -0.2) is 48.3 Å². The third-order valence-corrected chi connectivity index (χ3v) is 5.41. The minimum atomic E-state index is -0.609.